The number of rotatable bonds is 2. The van der Waals surface area contributed by atoms with Gasteiger partial charge in [-0.15, -0.1) is 0 Å². The van der Waals surface area contributed by atoms with Crippen LogP contribution in [0.3, 0.4) is 0 Å². The van der Waals surface area contributed by atoms with Crippen LogP contribution in [0, 0.1) is 11.8 Å². The number of nitrogens with zero attached hydrogens (tertiary/aromatic N) is 1. The van der Waals surface area contributed by atoms with E-state index in [1.807, 2.05) is 0 Å². The highest BCUT2D eigenvalue weighted by Gasteiger charge is 2.39. The fraction of sp³-hybridized carbons (Fsp3) is 0.615. The van der Waals surface area contributed by atoms with Crippen LogP contribution in [0.5, 0.6) is 0 Å². The van der Waals surface area contributed by atoms with E-state index < -0.39 is 11.7 Å². The molecule has 5 heteroatoms. The Bertz CT molecular complexity index is 427. The zero-order valence-electron chi connectivity index (χ0n) is 9.87. The van der Waals surface area contributed by atoms with E-state index in [1.165, 1.54) is 25.3 Å². The quantitative estimate of drug-likeness (QED) is 0.872. The average molecular weight is 256 g/mol. The average Bonchev–Trinajstić information content (AvgIpc) is 2.90. The molecule has 0 saturated heterocycles. The van der Waals surface area contributed by atoms with Gasteiger partial charge in [0.15, 0.2) is 0 Å². The lowest BCUT2D eigenvalue weighted by Gasteiger charge is -2.23. The van der Waals surface area contributed by atoms with Crippen molar-refractivity contribution in [3.8, 4) is 0 Å². The van der Waals surface area contributed by atoms with Crippen molar-refractivity contribution in [2.45, 2.75) is 37.9 Å². The Balaban J connectivity index is 1.67. The van der Waals surface area contributed by atoms with Gasteiger partial charge in [0.1, 0.15) is 5.82 Å². The van der Waals surface area contributed by atoms with Gasteiger partial charge in [-0.3, -0.25) is 0 Å². The summed E-state index contributed by atoms with van der Waals surface area (Å²) in [4.78, 5) is 3.86. The number of fused-ring (bicyclic) bond motifs is 2. The Morgan fingerprint density at radius 2 is 2.00 bits per heavy atom. The number of anilines is 1. The first kappa shape index (κ1) is 11.8. The minimum Gasteiger partial charge on any atom is -0.367 e. The van der Waals surface area contributed by atoms with Gasteiger partial charge in [0.2, 0.25) is 0 Å². The summed E-state index contributed by atoms with van der Waals surface area (Å²) in [6.45, 7) is 0. The lowest BCUT2D eigenvalue weighted by Crippen LogP contribution is -2.26. The van der Waals surface area contributed by atoms with Crippen molar-refractivity contribution in [3.05, 3.63) is 23.9 Å². The molecule has 2 bridgehead atoms. The molecule has 0 amide bonds. The first-order valence-electron chi connectivity index (χ1n) is 6.32. The fourth-order valence-corrected chi connectivity index (χ4v) is 3.26. The van der Waals surface area contributed by atoms with Crippen molar-refractivity contribution < 1.29 is 13.2 Å². The molecule has 2 aliphatic carbocycles. The van der Waals surface area contributed by atoms with Gasteiger partial charge in [0.05, 0.1) is 5.56 Å². The second-order valence-electron chi connectivity index (χ2n) is 5.36. The van der Waals surface area contributed by atoms with Crippen molar-refractivity contribution in [2.24, 2.45) is 11.8 Å². The number of hydrogen-bond donors (Lipinski definition) is 1. The molecule has 0 aromatic carbocycles. The lowest BCUT2D eigenvalue weighted by atomic mass is 9.95. The SMILES string of the molecule is FC(F)(F)c1ccc(NC2CC3CCC2C3)nc1. The normalized spacial score (nSPS) is 30.7. The van der Waals surface area contributed by atoms with E-state index >= 15 is 0 Å². The number of aromatic nitrogens is 1. The Kier molecular flexibility index (Phi) is 2.72. The highest BCUT2D eigenvalue weighted by molar-refractivity contribution is 5.38. The maximum absolute atomic E-state index is 12.4. The maximum atomic E-state index is 12.4. The van der Waals surface area contributed by atoms with E-state index in [9.17, 15) is 13.2 Å². The Labute approximate surface area is 104 Å². The molecule has 1 aromatic rings. The zero-order valence-corrected chi connectivity index (χ0v) is 9.87. The van der Waals surface area contributed by atoms with E-state index in [0.717, 1.165) is 24.6 Å². The molecule has 3 unspecified atom stereocenters. The number of hydrogen-bond acceptors (Lipinski definition) is 2. The van der Waals surface area contributed by atoms with Gasteiger partial charge in [-0.2, -0.15) is 13.2 Å². The molecule has 3 atom stereocenters. The van der Waals surface area contributed by atoms with Crippen LogP contribution < -0.4 is 5.32 Å². The summed E-state index contributed by atoms with van der Waals surface area (Å²) in [6.07, 6.45) is 1.53. The van der Waals surface area contributed by atoms with Crippen molar-refractivity contribution in [3.63, 3.8) is 0 Å². The number of alkyl halides is 3. The van der Waals surface area contributed by atoms with Crippen LogP contribution in [0.4, 0.5) is 19.0 Å². The summed E-state index contributed by atoms with van der Waals surface area (Å²) in [5, 5.41) is 3.27. The molecule has 1 N–H and O–H groups in total. The molecule has 1 heterocycles. The van der Waals surface area contributed by atoms with Crippen LogP contribution in [0.15, 0.2) is 18.3 Å². The standard InChI is InChI=1S/C13H15F3N2/c14-13(15,16)10-3-4-12(17-7-10)18-11-6-8-1-2-9(11)5-8/h3-4,7-9,11H,1-2,5-6H2,(H,17,18). The van der Waals surface area contributed by atoms with E-state index in [-0.39, 0.29) is 0 Å². The van der Waals surface area contributed by atoms with Gasteiger partial charge in [0, 0.05) is 12.2 Å². The third-order valence-corrected chi connectivity index (χ3v) is 4.16. The molecule has 2 aliphatic rings. The molecule has 1 aromatic heterocycles. The zero-order chi connectivity index (χ0) is 12.8. The van der Waals surface area contributed by atoms with Crippen LogP contribution in [-0.2, 0) is 6.18 Å². The maximum Gasteiger partial charge on any atom is 0.417 e. The molecule has 3 rings (SSSR count). The summed E-state index contributed by atoms with van der Waals surface area (Å²) in [5.41, 5.74) is -0.694. The fourth-order valence-electron chi connectivity index (χ4n) is 3.26. The van der Waals surface area contributed by atoms with Gasteiger partial charge < -0.3 is 5.32 Å². The molecule has 0 aliphatic heterocycles. The number of nitrogens with one attached hydrogen (secondary N) is 1. The van der Waals surface area contributed by atoms with Crippen molar-refractivity contribution in [2.75, 3.05) is 5.32 Å². The highest BCUT2D eigenvalue weighted by Crippen LogP contribution is 2.45. The first-order valence-corrected chi connectivity index (χ1v) is 6.32. The van der Waals surface area contributed by atoms with E-state index in [0.29, 0.717) is 17.8 Å². The molecular formula is C13H15F3N2. The molecule has 98 valence electrons. The van der Waals surface area contributed by atoms with Gasteiger partial charge in [-0.25, -0.2) is 4.98 Å². The highest BCUT2D eigenvalue weighted by atomic mass is 19.4. The summed E-state index contributed by atoms with van der Waals surface area (Å²) < 4.78 is 37.2. The number of pyridine rings is 1. The van der Waals surface area contributed by atoms with Crippen LogP contribution in [0.25, 0.3) is 0 Å². The minimum absolute atomic E-state index is 0.396. The van der Waals surface area contributed by atoms with Crippen LogP contribution in [0.2, 0.25) is 0 Å². The summed E-state index contributed by atoms with van der Waals surface area (Å²) in [7, 11) is 0. The topological polar surface area (TPSA) is 24.9 Å². The number of halogens is 3. The summed E-state index contributed by atoms with van der Waals surface area (Å²) >= 11 is 0. The van der Waals surface area contributed by atoms with Crippen molar-refractivity contribution in [1.29, 1.82) is 0 Å². The second kappa shape index (κ2) is 4.14. The Morgan fingerprint density at radius 1 is 1.17 bits per heavy atom. The van der Waals surface area contributed by atoms with E-state index in [4.69, 9.17) is 0 Å². The Morgan fingerprint density at radius 3 is 2.50 bits per heavy atom. The molecular weight excluding hydrogens is 241 g/mol. The predicted molar refractivity (Wildman–Crippen MR) is 62.1 cm³/mol. The van der Waals surface area contributed by atoms with Gasteiger partial charge in [-0.1, -0.05) is 6.42 Å². The predicted octanol–water partition coefficient (Wildman–Crippen LogP) is 3.70. The van der Waals surface area contributed by atoms with Gasteiger partial charge in [-0.05, 0) is 43.2 Å². The third kappa shape index (κ3) is 2.18. The van der Waals surface area contributed by atoms with Crippen LogP contribution in [-0.4, -0.2) is 11.0 Å². The molecule has 2 fully saturated rings. The van der Waals surface area contributed by atoms with Crippen molar-refractivity contribution in [1.82, 2.24) is 4.98 Å². The van der Waals surface area contributed by atoms with Crippen LogP contribution >= 0.6 is 0 Å². The third-order valence-electron chi connectivity index (χ3n) is 4.16. The smallest absolute Gasteiger partial charge is 0.367 e. The minimum atomic E-state index is -4.31. The summed E-state index contributed by atoms with van der Waals surface area (Å²) in [6, 6.07) is 2.91. The first-order chi connectivity index (χ1) is 8.52. The molecule has 0 radical (unpaired) electrons. The molecule has 18 heavy (non-hydrogen) atoms. The van der Waals surface area contributed by atoms with Crippen LogP contribution in [0.1, 0.15) is 31.2 Å². The monoisotopic (exact) mass is 256 g/mol. The largest absolute Gasteiger partial charge is 0.417 e. The van der Waals surface area contributed by atoms with E-state index in [1.54, 1.807) is 0 Å². The second-order valence-corrected chi connectivity index (χ2v) is 5.36. The van der Waals surface area contributed by atoms with Gasteiger partial charge in [0.25, 0.3) is 0 Å². The molecule has 2 nitrogen and oxygen atoms in total. The molecule has 2 saturated carbocycles. The molecule has 0 spiro atoms. The van der Waals surface area contributed by atoms with Crippen molar-refractivity contribution >= 4 is 5.82 Å². The Hall–Kier alpha value is -1.26. The van der Waals surface area contributed by atoms with Gasteiger partial charge >= 0.3 is 6.18 Å². The summed E-state index contributed by atoms with van der Waals surface area (Å²) in [5.74, 6) is 2.04. The van der Waals surface area contributed by atoms with E-state index in [2.05, 4.69) is 10.3 Å². The lowest BCUT2D eigenvalue weighted by molar-refractivity contribution is -0.137.